The van der Waals surface area contributed by atoms with Crippen LogP contribution in [0.2, 0.25) is 0 Å². The summed E-state index contributed by atoms with van der Waals surface area (Å²) < 4.78 is 24.8. The quantitative estimate of drug-likeness (QED) is 0.437. The van der Waals surface area contributed by atoms with E-state index in [1.807, 2.05) is 20.8 Å². The molecule has 0 heterocycles. The summed E-state index contributed by atoms with van der Waals surface area (Å²) in [6.07, 6.45) is 10.1. The minimum absolute atomic E-state index is 0.367. The molecule has 0 saturated heterocycles. The lowest BCUT2D eigenvalue weighted by molar-refractivity contribution is 0.278. The number of hydrogen-bond acceptors (Lipinski definition) is 2. The minimum atomic E-state index is -3.00. The predicted molar refractivity (Wildman–Crippen MR) is 122 cm³/mol. The van der Waals surface area contributed by atoms with Crippen molar-refractivity contribution in [2.45, 2.75) is 97.2 Å². The molecule has 0 radical (unpaired) electrons. The Morgan fingerprint density at radius 1 is 1.00 bits per heavy atom. The molecule has 0 N–H and O–H groups in total. The molecule has 0 unspecified atom stereocenters. The first kappa shape index (κ1) is 23.4. The lowest BCUT2D eigenvalue weighted by Gasteiger charge is -2.31. The number of benzene rings is 1. The average Bonchev–Trinajstić information content (AvgIpc) is 2.65. The molecule has 2 nitrogen and oxygen atoms in total. The average molecular weight is 407 g/mol. The van der Waals surface area contributed by atoms with Gasteiger partial charge in [0.15, 0.2) is 9.84 Å². The number of hydrogen-bond donors (Lipinski definition) is 0. The third kappa shape index (κ3) is 6.90. The van der Waals surface area contributed by atoms with Gasteiger partial charge in [0.1, 0.15) is 0 Å². The van der Waals surface area contributed by atoms with Crippen LogP contribution in [-0.2, 0) is 22.7 Å². The van der Waals surface area contributed by atoms with Crippen LogP contribution in [0, 0.1) is 17.8 Å². The van der Waals surface area contributed by atoms with Crippen molar-refractivity contribution in [3.05, 3.63) is 35.4 Å². The van der Waals surface area contributed by atoms with Gasteiger partial charge in [0.05, 0.1) is 10.5 Å². The van der Waals surface area contributed by atoms with Crippen LogP contribution in [0.25, 0.3) is 0 Å². The first-order chi connectivity index (χ1) is 13.1. The summed E-state index contributed by atoms with van der Waals surface area (Å²) >= 11 is 0. The standard InChI is InChI=1S/C25H42O2S/c1-6-25(4,5)28(26,27)19-24-16-13-21(14-17-24)12-15-23-9-7-8-22(18-23)11-10-20(2)3/h7-9,18,20-21,24H,6,10-17,19H2,1-5H3. The lowest BCUT2D eigenvalue weighted by Crippen LogP contribution is -2.36. The number of sulfone groups is 1. The molecular formula is C25H42O2S. The van der Waals surface area contributed by atoms with Crippen molar-refractivity contribution >= 4 is 9.84 Å². The molecule has 3 heteroatoms. The van der Waals surface area contributed by atoms with Crippen molar-refractivity contribution < 1.29 is 8.42 Å². The number of rotatable bonds is 10. The van der Waals surface area contributed by atoms with Crippen LogP contribution >= 0.6 is 0 Å². The summed E-state index contributed by atoms with van der Waals surface area (Å²) in [4.78, 5) is 0. The van der Waals surface area contributed by atoms with Crippen molar-refractivity contribution in [3.8, 4) is 0 Å². The molecule has 0 spiro atoms. The third-order valence-electron chi connectivity index (χ3n) is 6.96. The van der Waals surface area contributed by atoms with Gasteiger partial charge in [0.25, 0.3) is 0 Å². The van der Waals surface area contributed by atoms with Crippen molar-refractivity contribution in [2.24, 2.45) is 17.8 Å². The molecule has 1 aliphatic carbocycles. The maximum atomic E-state index is 12.7. The van der Waals surface area contributed by atoms with Crippen LogP contribution in [0.3, 0.4) is 0 Å². The molecule has 1 saturated carbocycles. The highest BCUT2D eigenvalue weighted by molar-refractivity contribution is 7.92. The van der Waals surface area contributed by atoms with Crippen LogP contribution in [0.4, 0.5) is 0 Å². The SMILES string of the molecule is CCC(C)(C)S(=O)(=O)CC1CCC(CCc2cccc(CCC(C)C)c2)CC1. The van der Waals surface area contributed by atoms with Crippen molar-refractivity contribution in [2.75, 3.05) is 5.75 Å². The van der Waals surface area contributed by atoms with E-state index in [-0.39, 0.29) is 0 Å². The molecule has 1 aliphatic rings. The van der Waals surface area contributed by atoms with E-state index in [1.165, 1.54) is 43.2 Å². The fraction of sp³-hybridized carbons (Fsp3) is 0.760. The second-order valence-corrected chi connectivity index (χ2v) is 12.7. The van der Waals surface area contributed by atoms with E-state index in [4.69, 9.17) is 0 Å². The molecule has 1 fully saturated rings. The van der Waals surface area contributed by atoms with Crippen LogP contribution < -0.4 is 0 Å². The van der Waals surface area contributed by atoms with Crippen molar-refractivity contribution in [1.29, 1.82) is 0 Å². The number of aryl methyl sites for hydroxylation is 2. The van der Waals surface area contributed by atoms with Gasteiger partial charge >= 0.3 is 0 Å². The van der Waals surface area contributed by atoms with Gasteiger partial charge in [0.2, 0.25) is 0 Å². The zero-order valence-electron chi connectivity index (χ0n) is 18.8. The van der Waals surface area contributed by atoms with E-state index in [0.717, 1.165) is 31.1 Å². The van der Waals surface area contributed by atoms with Crippen LogP contribution in [-0.4, -0.2) is 18.9 Å². The molecule has 1 aromatic rings. The molecular weight excluding hydrogens is 364 g/mol. The van der Waals surface area contributed by atoms with Gasteiger partial charge < -0.3 is 0 Å². The summed E-state index contributed by atoms with van der Waals surface area (Å²) in [5.41, 5.74) is 2.94. The second-order valence-electron chi connectivity index (χ2n) is 10.1. The molecule has 0 bridgehead atoms. The second kappa shape index (κ2) is 10.3. The Kier molecular flexibility index (Phi) is 8.60. The van der Waals surface area contributed by atoms with E-state index in [2.05, 4.69) is 38.1 Å². The molecule has 0 atom stereocenters. The van der Waals surface area contributed by atoms with E-state index >= 15 is 0 Å². The summed E-state index contributed by atoms with van der Waals surface area (Å²) in [7, 11) is -3.00. The van der Waals surface area contributed by atoms with Crippen molar-refractivity contribution in [3.63, 3.8) is 0 Å². The fourth-order valence-corrected chi connectivity index (χ4v) is 6.05. The van der Waals surface area contributed by atoms with Gasteiger partial charge in [-0.2, -0.15) is 0 Å². The smallest absolute Gasteiger partial charge is 0.155 e. The van der Waals surface area contributed by atoms with Gasteiger partial charge in [-0.25, -0.2) is 8.42 Å². The summed E-state index contributed by atoms with van der Waals surface area (Å²) in [5.74, 6) is 2.27. The molecule has 28 heavy (non-hydrogen) atoms. The predicted octanol–water partition coefficient (Wildman–Crippen LogP) is 6.62. The van der Waals surface area contributed by atoms with Gasteiger partial charge in [-0.3, -0.25) is 0 Å². The first-order valence-corrected chi connectivity index (χ1v) is 13.1. The fourth-order valence-electron chi connectivity index (χ4n) is 4.21. The Bertz CT molecular complexity index is 695. The molecule has 160 valence electrons. The highest BCUT2D eigenvalue weighted by Crippen LogP contribution is 2.34. The minimum Gasteiger partial charge on any atom is -0.228 e. The Hall–Kier alpha value is -0.830. The van der Waals surface area contributed by atoms with Crippen LogP contribution in [0.5, 0.6) is 0 Å². The van der Waals surface area contributed by atoms with Gasteiger partial charge in [-0.15, -0.1) is 0 Å². The summed E-state index contributed by atoms with van der Waals surface area (Å²) in [5, 5.41) is 0. The van der Waals surface area contributed by atoms with E-state index in [9.17, 15) is 8.42 Å². The summed E-state index contributed by atoms with van der Waals surface area (Å²) in [6.45, 7) is 10.3. The largest absolute Gasteiger partial charge is 0.228 e. The zero-order valence-corrected chi connectivity index (χ0v) is 19.7. The monoisotopic (exact) mass is 406 g/mol. The topological polar surface area (TPSA) is 34.1 Å². The molecule has 0 aliphatic heterocycles. The Balaban J connectivity index is 1.78. The molecule has 0 aromatic heterocycles. The normalized spacial score (nSPS) is 21.2. The Morgan fingerprint density at radius 2 is 1.57 bits per heavy atom. The Morgan fingerprint density at radius 3 is 2.14 bits per heavy atom. The zero-order chi connectivity index (χ0) is 20.8. The highest BCUT2D eigenvalue weighted by atomic mass is 32.2. The third-order valence-corrected chi connectivity index (χ3v) is 9.84. The highest BCUT2D eigenvalue weighted by Gasteiger charge is 2.35. The maximum Gasteiger partial charge on any atom is 0.155 e. The van der Waals surface area contributed by atoms with Gasteiger partial charge in [-0.05, 0) is 87.7 Å². The van der Waals surface area contributed by atoms with Crippen LogP contribution in [0.15, 0.2) is 24.3 Å². The van der Waals surface area contributed by atoms with Crippen LogP contribution in [0.1, 0.15) is 90.7 Å². The van der Waals surface area contributed by atoms with E-state index in [0.29, 0.717) is 18.1 Å². The molecule has 0 amide bonds. The first-order valence-electron chi connectivity index (χ1n) is 11.4. The van der Waals surface area contributed by atoms with Gasteiger partial charge in [0, 0.05) is 0 Å². The summed E-state index contributed by atoms with van der Waals surface area (Å²) in [6, 6.07) is 9.13. The van der Waals surface area contributed by atoms with Gasteiger partial charge in [-0.1, -0.05) is 57.9 Å². The molecule has 2 rings (SSSR count). The molecule has 1 aromatic carbocycles. The van der Waals surface area contributed by atoms with E-state index in [1.54, 1.807) is 0 Å². The Labute approximate surface area is 174 Å². The maximum absolute atomic E-state index is 12.7. The lowest BCUT2D eigenvalue weighted by atomic mass is 9.80. The van der Waals surface area contributed by atoms with Crippen molar-refractivity contribution in [1.82, 2.24) is 0 Å². The van der Waals surface area contributed by atoms with E-state index < -0.39 is 14.6 Å².